The number of amides is 1. The number of aryl methyl sites for hydroxylation is 1. The molecule has 0 bridgehead atoms. The molecule has 4 aromatic rings. The van der Waals surface area contributed by atoms with Crippen LogP contribution in [0, 0.1) is 0 Å². The van der Waals surface area contributed by atoms with Crippen LogP contribution in [0.1, 0.15) is 15.9 Å². The summed E-state index contributed by atoms with van der Waals surface area (Å²) in [5.74, 6) is -0.225. The van der Waals surface area contributed by atoms with E-state index in [1.165, 1.54) is 22.0 Å². The Hall–Kier alpha value is -3.03. The fourth-order valence-electron chi connectivity index (χ4n) is 2.98. The van der Waals surface area contributed by atoms with Crippen LogP contribution in [0.2, 0.25) is 0 Å². The Balaban J connectivity index is 1.63. The number of carbonyl (C=O) groups is 1. The number of nitrogens with zero attached hydrogens (tertiary/aromatic N) is 2. The minimum Gasteiger partial charge on any atom is -0.348 e. The first kappa shape index (κ1) is 18.3. The van der Waals surface area contributed by atoms with Gasteiger partial charge in [-0.1, -0.05) is 6.07 Å². The number of hydrogen-bond acceptors (Lipinski definition) is 5. The summed E-state index contributed by atoms with van der Waals surface area (Å²) >= 11 is 3.14. The van der Waals surface area contributed by atoms with Crippen molar-refractivity contribution < 1.29 is 4.79 Å². The summed E-state index contributed by atoms with van der Waals surface area (Å²) in [6.07, 6.45) is 3.34. The van der Waals surface area contributed by atoms with Crippen LogP contribution < -0.4 is 10.9 Å². The first-order valence-corrected chi connectivity index (χ1v) is 10.5. The molecule has 28 heavy (non-hydrogen) atoms. The second kappa shape index (κ2) is 7.92. The van der Waals surface area contributed by atoms with E-state index in [0.29, 0.717) is 17.7 Å². The second-order valence-corrected chi connectivity index (χ2v) is 7.83. The Morgan fingerprint density at radius 1 is 1.14 bits per heavy atom. The lowest BCUT2D eigenvalue weighted by Crippen LogP contribution is -2.27. The normalized spacial score (nSPS) is 10.8. The smallest absolute Gasteiger partial charge is 0.253 e. The molecule has 7 heteroatoms. The Morgan fingerprint density at radius 3 is 2.61 bits per heavy atom. The fourth-order valence-corrected chi connectivity index (χ4v) is 4.27. The van der Waals surface area contributed by atoms with E-state index in [4.69, 9.17) is 0 Å². The van der Waals surface area contributed by atoms with Crippen molar-refractivity contribution in [3.63, 3.8) is 0 Å². The summed E-state index contributed by atoms with van der Waals surface area (Å²) in [6, 6.07) is 9.25. The minimum atomic E-state index is -0.225. The summed E-state index contributed by atoms with van der Waals surface area (Å²) in [5, 5.41) is 10.9. The Labute approximate surface area is 170 Å². The van der Waals surface area contributed by atoms with Crippen molar-refractivity contribution >= 4 is 28.6 Å². The van der Waals surface area contributed by atoms with Crippen molar-refractivity contribution in [3.05, 3.63) is 85.7 Å². The average molecular weight is 408 g/mol. The number of rotatable bonds is 5. The van der Waals surface area contributed by atoms with Crippen LogP contribution in [0.5, 0.6) is 0 Å². The number of hydrogen-bond donors (Lipinski definition) is 1. The van der Waals surface area contributed by atoms with Crippen molar-refractivity contribution in [2.45, 2.75) is 6.54 Å². The van der Waals surface area contributed by atoms with Crippen LogP contribution in [0.4, 0.5) is 0 Å². The van der Waals surface area contributed by atoms with Gasteiger partial charge < -0.3 is 9.88 Å². The monoisotopic (exact) mass is 407 g/mol. The summed E-state index contributed by atoms with van der Waals surface area (Å²) < 4.78 is 1.42. The van der Waals surface area contributed by atoms with E-state index in [-0.39, 0.29) is 11.5 Å². The highest BCUT2D eigenvalue weighted by Crippen LogP contribution is 2.26. The van der Waals surface area contributed by atoms with Gasteiger partial charge in [0.05, 0.1) is 11.3 Å². The van der Waals surface area contributed by atoms with Gasteiger partial charge in [0, 0.05) is 48.6 Å². The molecule has 0 spiro atoms. The minimum absolute atomic E-state index is 0.148. The predicted octanol–water partition coefficient (Wildman–Crippen LogP) is 4.17. The Bertz CT molecular complexity index is 1160. The molecule has 0 aromatic carbocycles. The average Bonchev–Trinajstić information content (AvgIpc) is 3.42. The lowest BCUT2D eigenvalue weighted by molar-refractivity contribution is 0.0951. The number of carbonyl (C=O) groups excluding carboxylic acids is 1. The van der Waals surface area contributed by atoms with Gasteiger partial charge in [-0.3, -0.25) is 14.6 Å². The maximum absolute atomic E-state index is 13.0. The van der Waals surface area contributed by atoms with E-state index in [0.717, 1.165) is 22.4 Å². The van der Waals surface area contributed by atoms with Gasteiger partial charge in [-0.2, -0.15) is 22.7 Å². The zero-order chi connectivity index (χ0) is 19.5. The third-order valence-corrected chi connectivity index (χ3v) is 5.80. The fraction of sp³-hybridized carbons (Fsp3) is 0.0952. The van der Waals surface area contributed by atoms with Gasteiger partial charge in [-0.05, 0) is 45.5 Å². The number of aromatic nitrogens is 2. The van der Waals surface area contributed by atoms with E-state index < -0.39 is 0 Å². The maximum atomic E-state index is 13.0. The highest BCUT2D eigenvalue weighted by atomic mass is 32.1. The third kappa shape index (κ3) is 3.67. The molecule has 0 aliphatic carbocycles. The van der Waals surface area contributed by atoms with Crippen molar-refractivity contribution in [1.29, 1.82) is 0 Å². The molecule has 4 aromatic heterocycles. The van der Waals surface area contributed by atoms with E-state index in [1.807, 2.05) is 45.8 Å². The lowest BCUT2D eigenvalue weighted by Gasteiger charge is -2.12. The zero-order valence-corrected chi connectivity index (χ0v) is 16.7. The molecule has 0 unspecified atom stereocenters. The molecule has 4 rings (SSSR count). The van der Waals surface area contributed by atoms with Gasteiger partial charge in [0.15, 0.2) is 0 Å². The predicted molar refractivity (Wildman–Crippen MR) is 114 cm³/mol. The first-order chi connectivity index (χ1) is 13.6. The van der Waals surface area contributed by atoms with Crippen LogP contribution in [-0.4, -0.2) is 15.5 Å². The molecule has 1 N–H and O–H groups in total. The van der Waals surface area contributed by atoms with Gasteiger partial charge in [0.25, 0.3) is 11.5 Å². The van der Waals surface area contributed by atoms with Crippen LogP contribution in [-0.2, 0) is 13.6 Å². The van der Waals surface area contributed by atoms with Crippen molar-refractivity contribution in [2.75, 3.05) is 0 Å². The van der Waals surface area contributed by atoms with Gasteiger partial charge in [0.2, 0.25) is 0 Å². The summed E-state index contributed by atoms with van der Waals surface area (Å²) in [4.78, 5) is 29.5. The standard InChI is InChI=1S/C21H17N3O2S2/c1-24-11-18(17(9-19(24)25)15-4-7-27-12-15)21(26)23-10-14-3-2-6-22-20(14)16-5-8-28-13-16/h2-9,11-13H,10H2,1H3,(H,23,26). The molecule has 0 saturated heterocycles. The maximum Gasteiger partial charge on any atom is 0.253 e. The molecule has 0 aliphatic heterocycles. The summed E-state index contributed by atoms with van der Waals surface area (Å²) in [5.41, 5.74) is 4.68. The molecule has 5 nitrogen and oxygen atoms in total. The number of nitrogens with one attached hydrogen (secondary N) is 1. The summed E-state index contributed by atoms with van der Waals surface area (Å²) in [6.45, 7) is 0.351. The van der Waals surface area contributed by atoms with Gasteiger partial charge in [-0.25, -0.2) is 0 Å². The van der Waals surface area contributed by atoms with Crippen LogP contribution in [0.15, 0.2) is 69.0 Å². The molecule has 0 aliphatic rings. The summed E-state index contributed by atoms with van der Waals surface area (Å²) in [7, 11) is 1.65. The first-order valence-electron chi connectivity index (χ1n) is 8.61. The quantitative estimate of drug-likeness (QED) is 0.540. The molecular weight excluding hydrogens is 390 g/mol. The number of thiophene rings is 2. The topological polar surface area (TPSA) is 64.0 Å². The molecule has 4 heterocycles. The molecule has 0 atom stereocenters. The van der Waals surface area contributed by atoms with Crippen molar-refractivity contribution in [3.8, 4) is 22.4 Å². The van der Waals surface area contributed by atoms with E-state index in [1.54, 1.807) is 30.8 Å². The highest BCUT2D eigenvalue weighted by Gasteiger charge is 2.16. The Kier molecular flexibility index (Phi) is 5.18. The third-order valence-electron chi connectivity index (χ3n) is 4.43. The molecular formula is C21H17N3O2S2. The Morgan fingerprint density at radius 2 is 1.89 bits per heavy atom. The van der Waals surface area contributed by atoms with Crippen LogP contribution >= 0.6 is 22.7 Å². The van der Waals surface area contributed by atoms with Crippen molar-refractivity contribution in [1.82, 2.24) is 14.9 Å². The largest absolute Gasteiger partial charge is 0.348 e. The molecule has 140 valence electrons. The highest BCUT2D eigenvalue weighted by molar-refractivity contribution is 7.08. The van der Waals surface area contributed by atoms with Crippen LogP contribution in [0.25, 0.3) is 22.4 Å². The SMILES string of the molecule is Cn1cc(C(=O)NCc2cccnc2-c2ccsc2)c(-c2ccsc2)cc1=O. The lowest BCUT2D eigenvalue weighted by atomic mass is 10.0. The second-order valence-electron chi connectivity index (χ2n) is 6.27. The van der Waals surface area contributed by atoms with Crippen LogP contribution in [0.3, 0.4) is 0 Å². The van der Waals surface area contributed by atoms with Crippen molar-refractivity contribution in [2.24, 2.45) is 7.05 Å². The molecule has 1 amide bonds. The zero-order valence-electron chi connectivity index (χ0n) is 15.1. The van der Waals surface area contributed by atoms with Gasteiger partial charge in [0.1, 0.15) is 0 Å². The molecule has 0 fully saturated rings. The number of pyridine rings is 2. The van der Waals surface area contributed by atoms with E-state index >= 15 is 0 Å². The van der Waals surface area contributed by atoms with Gasteiger partial charge in [-0.15, -0.1) is 0 Å². The van der Waals surface area contributed by atoms with Gasteiger partial charge >= 0.3 is 0 Å². The van der Waals surface area contributed by atoms with E-state index in [9.17, 15) is 9.59 Å². The molecule has 0 radical (unpaired) electrons. The van der Waals surface area contributed by atoms with E-state index in [2.05, 4.69) is 10.3 Å². The molecule has 0 saturated carbocycles.